The molecular formula is C33H44N6O5. The maximum Gasteiger partial charge on any atom is 0.408 e. The monoisotopic (exact) mass is 604 g/mol. The third-order valence-corrected chi connectivity index (χ3v) is 7.51. The zero-order chi connectivity index (χ0) is 31.9. The van der Waals surface area contributed by atoms with Gasteiger partial charge in [0.2, 0.25) is 11.9 Å². The first-order valence-corrected chi connectivity index (χ1v) is 15.0. The van der Waals surface area contributed by atoms with E-state index in [-0.39, 0.29) is 23.8 Å². The van der Waals surface area contributed by atoms with Gasteiger partial charge in [0.15, 0.2) is 0 Å². The first kappa shape index (κ1) is 32.5. The van der Waals surface area contributed by atoms with Crippen LogP contribution in [0.25, 0.3) is 5.57 Å². The maximum absolute atomic E-state index is 12.7. The lowest BCUT2D eigenvalue weighted by Gasteiger charge is -2.36. The molecule has 1 fully saturated rings. The second-order valence-electron chi connectivity index (χ2n) is 12.5. The van der Waals surface area contributed by atoms with Crippen molar-refractivity contribution in [3.63, 3.8) is 0 Å². The summed E-state index contributed by atoms with van der Waals surface area (Å²) in [5.41, 5.74) is 2.77. The number of likely N-dealkylation sites (N-methyl/N-ethyl adjacent to an activating group) is 1. The van der Waals surface area contributed by atoms with Gasteiger partial charge in [-0.3, -0.25) is 4.79 Å². The fourth-order valence-electron chi connectivity index (χ4n) is 5.32. The molecule has 1 N–H and O–H groups in total. The van der Waals surface area contributed by atoms with Gasteiger partial charge < -0.3 is 29.5 Å². The van der Waals surface area contributed by atoms with Crippen LogP contribution in [-0.4, -0.2) is 91.4 Å². The van der Waals surface area contributed by atoms with Gasteiger partial charge in [-0.1, -0.05) is 25.2 Å². The molecule has 2 aromatic rings. The number of hydrogen-bond donors (Lipinski definition) is 1. The van der Waals surface area contributed by atoms with Crippen molar-refractivity contribution in [2.45, 2.75) is 46.6 Å². The quantitative estimate of drug-likeness (QED) is 0.418. The molecule has 4 rings (SSSR count). The molecule has 0 radical (unpaired) electrons. The number of carbonyl (C=O) groups is 3. The highest BCUT2D eigenvalue weighted by Crippen LogP contribution is 2.36. The molecule has 0 bridgehead atoms. The molecule has 0 saturated carbocycles. The van der Waals surface area contributed by atoms with Crippen molar-refractivity contribution in [2.24, 2.45) is 5.41 Å². The normalized spacial score (nSPS) is 18.4. The summed E-state index contributed by atoms with van der Waals surface area (Å²) in [6.45, 7) is 13.2. The molecule has 2 amide bonds. The van der Waals surface area contributed by atoms with E-state index in [1.807, 2.05) is 42.7 Å². The zero-order valence-electron chi connectivity index (χ0n) is 26.6. The van der Waals surface area contributed by atoms with Crippen LogP contribution in [0.15, 0.2) is 54.9 Å². The predicted octanol–water partition coefficient (Wildman–Crippen LogP) is 4.31. The third kappa shape index (κ3) is 8.81. The second-order valence-corrected chi connectivity index (χ2v) is 12.5. The molecule has 11 heteroatoms. The number of hydrogen-bond acceptors (Lipinski definition) is 9. The number of esters is 1. The Hall–Kier alpha value is -4.41. The van der Waals surface area contributed by atoms with Gasteiger partial charge in [0.05, 0.1) is 12.2 Å². The number of rotatable bonds is 9. The number of alkyl carbamates (subject to hydrolysis) is 1. The number of piperazine rings is 1. The molecule has 1 aliphatic heterocycles. The Morgan fingerprint density at radius 1 is 1.02 bits per heavy atom. The predicted molar refractivity (Wildman–Crippen MR) is 171 cm³/mol. The van der Waals surface area contributed by atoms with Crippen LogP contribution in [0, 0.1) is 5.41 Å². The highest BCUT2D eigenvalue weighted by molar-refractivity contribution is 5.89. The van der Waals surface area contributed by atoms with Crippen LogP contribution in [0.5, 0.6) is 0 Å². The summed E-state index contributed by atoms with van der Waals surface area (Å²) in [6.07, 6.45) is 10.0. The van der Waals surface area contributed by atoms with Gasteiger partial charge in [-0.05, 0) is 64.0 Å². The van der Waals surface area contributed by atoms with E-state index in [9.17, 15) is 14.4 Å². The SMILES string of the molecule is CCOC(=O)c1ccc(N2CCN(c3ncc(C4=CC=CC(C)(CN(C)C(=O)CNC(=O)OC(C)(C)C)C4)cn3)CC2)cc1. The molecule has 1 atom stereocenters. The largest absolute Gasteiger partial charge is 0.462 e. The van der Waals surface area contributed by atoms with Crippen LogP contribution in [0.1, 0.15) is 57.0 Å². The van der Waals surface area contributed by atoms with E-state index in [4.69, 9.17) is 19.4 Å². The Labute approximate surface area is 259 Å². The lowest BCUT2D eigenvalue weighted by atomic mass is 9.78. The summed E-state index contributed by atoms with van der Waals surface area (Å²) in [5, 5.41) is 2.54. The molecule has 236 valence electrons. The van der Waals surface area contributed by atoms with Crippen LogP contribution in [0.4, 0.5) is 16.4 Å². The van der Waals surface area contributed by atoms with Gasteiger partial charge in [0, 0.05) is 68.8 Å². The van der Waals surface area contributed by atoms with E-state index in [2.05, 4.69) is 34.2 Å². The minimum atomic E-state index is -0.624. The maximum atomic E-state index is 12.7. The molecule has 0 spiro atoms. The number of allylic oxidation sites excluding steroid dienone is 3. The Bertz CT molecular complexity index is 1370. The van der Waals surface area contributed by atoms with Crippen molar-refractivity contribution in [2.75, 3.05) is 62.7 Å². The Morgan fingerprint density at radius 3 is 2.27 bits per heavy atom. The molecule has 1 unspecified atom stereocenters. The Balaban J connectivity index is 1.28. The molecule has 1 aromatic carbocycles. The Kier molecular flexibility index (Phi) is 10.3. The minimum Gasteiger partial charge on any atom is -0.462 e. The molecule has 11 nitrogen and oxygen atoms in total. The standard InChI is InChI=1S/C33H44N6O5/c1-7-43-29(41)24-10-12-27(13-11-24)38-15-17-39(18-16-38)30-34-20-26(21-35-30)25-9-8-14-33(5,19-25)23-37(6)28(40)22-36-31(42)44-32(2,3)4/h8-14,20-21H,7,15-19,22-23H2,1-6H3,(H,36,42). The van der Waals surface area contributed by atoms with E-state index in [0.29, 0.717) is 24.7 Å². The summed E-state index contributed by atoms with van der Waals surface area (Å²) < 4.78 is 10.3. The van der Waals surface area contributed by atoms with Gasteiger partial charge >= 0.3 is 12.1 Å². The fraction of sp³-hybridized carbons (Fsp3) is 0.485. The van der Waals surface area contributed by atoms with Crippen molar-refractivity contribution in [3.8, 4) is 0 Å². The highest BCUT2D eigenvalue weighted by Gasteiger charge is 2.29. The lowest BCUT2D eigenvalue weighted by molar-refractivity contribution is -0.129. The van der Waals surface area contributed by atoms with Gasteiger partial charge in [0.1, 0.15) is 12.1 Å². The van der Waals surface area contributed by atoms with Crippen molar-refractivity contribution in [1.82, 2.24) is 20.2 Å². The smallest absolute Gasteiger partial charge is 0.408 e. The van der Waals surface area contributed by atoms with E-state index >= 15 is 0 Å². The number of ether oxygens (including phenoxy) is 2. The Morgan fingerprint density at radius 2 is 1.66 bits per heavy atom. The van der Waals surface area contributed by atoms with E-state index in [1.54, 1.807) is 39.6 Å². The van der Waals surface area contributed by atoms with Crippen LogP contribution in [0.3, 0.4) is 0 Å². The summed E-state index contributed by atoms with van der Waals surface area (Å²) in [6, 6.07) is 7.53. The molecule has 1 saturated heterocycles. The lowest BCUT2D eigenvalue weighted by Crippen LogP contribution is -2.47. The van der Waals surface area contributed by atoms with Crippen LogP contribution < -0.4 is 15.1 Å². The summed E-state index contributed by atoms with van der Waals surface area (Å²) in [5.74, 6) is 0.202. The zero-order valence-corrected chi connectivity index (χ0v) is 26.6. The van der Waals surface area contributed by atoms with E-state index in [0.717, 1.165) is 49.4 Å². The first-order chi connectivity index (χ1) is 20.9. The molecule has 2 heterocycles. The third-order valence-electron chi connectivity index (χ3n) is 7.51. The number of anilines is 2. The second kappa shape index (κ2) is 13.9. The highest BCUT2D eigenvalue weighted by atomic mass is 16.6. The van der Waals surface area contributed by atoms with Crippen molar-refractivity contribution in [1.29, 1.82) is 0 Å². The number of nitrogens with one attached hydrogen (secondary N) is 1. The van der Waals surface area contributed by atoms with Gasteiger partial charge in [-0.25, -0.2) is 19.6 Å². The summed E-state index contributed by atoms with van der Waals surface area (Å²) in [7, 11) is 1.74. The molecular weight excluding hydrogens is 560 g/mol. The summed E-state index contributed by atoms with van der Waals surface area (Å²) >= 11 is 0. The molecule has 44 heavy (non-hydrogen) atoms. The topological polar surface area (TPSA) is 117 Å². The van der Waals surface area contributed by atoms with Crippen LogP contribution in [0.2, 0.25) is 0 Å². The number of nitrogens with zero attached hydrogens (tertiary/aromatic N) is 5. The summed E-state index contributed by atoms with van der Waals surface area (Å²) in [4.78, 5) is 52.1. The van der Waals surface area contributed by atoms with E-state index in [1.165, 1.54) is 0 Å². The van der Waals surface area contributed by atoms with Crippen molar-refractivity contribution >= 4 is 35.2 Å². The molecule has 1 aromatic heterocycles. The minimum absolute atomic E-state index is 0.126. The fourth-order valence-corrected chi connectivity index (χ4v) is 5.32. The van der Waals surface area contributed by atoms with E-state index < -0.39 is 11.7 Å². The van der Waals surface area contributed by atoms with Gasteiger partial charge in [0.25, 0.3) is 0 Å². The van der Waals surface area contributed by atoms with Gasteiger partial charge in [-0.2, -0.15) is 0 Å². The number of amides is 2. The molecule has 2 aliphatic rings. The average Bonchev–Trinajstić information content (AvgIpc) is 2.99. The number of benzene rings is 1. The van der Waals surface area contributed by atoms with Crippen LogP contribution in [-0.2, 0) is 14.3 Å². The van der Waals surface area contributed by atoms with Crippen LogP contribution >= 0.6 is 0 Å². The molecule has 1 aliphatic carbocycles. The first-order valence-electron chi connectivity index (χ1n) is 15.0. The average molecular weight is 605 g/mol. The number of aromatic nitrogens is 2. The van der Waals surface area contributed by atoms with Crippen molar-refractivity contribution in [3.05, 3.63) is 66.0 Å². The van der Waals surface area contributed by atoms with Gasteiger partial charge in [-0.15, -0.1) is 0 Å². The van der Waals surface area contributed by atoms with Crippen molar-refractivity contribution < 1.29 is 23.9 Å². The number of carbonyl (C=O) groups excluding carboxylic acids is 3.